The predicted octanol–water partition coefficient (Wildman–Crippen LogP) is 3.14. The first-order valence-corrected chi connectivity index (χ1v) is 6.19. The Morgan fingerprint density at radius 2 is 1.95 bits per heavy atom. The average molecular weight is 293 g/mol. The molecule has 0 saturated heterocycles. The second-order valence-corrected chi connectivity index (χ2v) is 4.75. The Hall–Kier alpha value is -2.21. The first kappa shape index (κ1) is 12.8. The summed E-state index contributed by atoms with van der Waals surface area (Å²) in [5, 5.41) is 0.716. The second kappa shape index (κ2) is 4.72. The van der Waals surface area contributed by atoms with Crippen LogP contribution in [0.25, 0.3) is 22.6 Å². The summed E-state index contributed by atoms with van der Waals surface area (Å²) in [4.78, 5) is 14.0. The molecule has 0 aliphatic heterocycles. The molecule has 0 aliphatic rings. The number of furan rings is 1. The Balaban J connectivity index is 2.15. The quantitative estimate of drug-likeness (QED) is 0.726. The summed E-state index contributed by atoms with van der Waals surface area (Å²) in [5.74, 6) is 0.822. The first-order valence-electron chi connectivity index (χ1n) is 5.81. The first-order chi connectivity index (χ1) is 9.52. The number of fused-ring (bicyclic) bond motifs is 1. The highest BCUT2D eigenvalue weighted by Crippen LogP contribution is 2.27. The van der Waals surface area contributed by atoms with Gasteiger partial charge in [0.15, 0.2) is 5.76 Å². The van der Waals surface area contributed by atoms with E-state index in [1.807, 2.05) is 0 Å². The molecule has 20 heavy (non-hydrogen) atoms. The van der Waals surface area contributed by atoms with E-state index in [0.717, 1.165) is 0 Å². The Morgan fingerprint density at radius 3 is 2.70 bits per heavy atom. The van der Waals surface area contributed by atoms with Crippen LogP contribution in [0, 0.1) is 5.82 Å². The summed E-state index contributed by atoms with van der Waals surface area (Å²) in [6, 6.07) is 5.95. The molecule has 1 aromatic carbocycles. The van der Waals surface area contributed by atoms with E-state index in [9.17, 15) is 4.39 Å². The predicted molar refractivity (Wildman–Crippen MR) is 74.3 cm³/mol. The summed E-state index contributed by atoms with van der Waals surface area (Å²) < 4.78 is 18.8. The van der Waals surface area contributed by atoms with Crippen molar-refractivity contribution >= 4 is 28.5 Å². The van der Waals surface area contributed by atoms with E-state index in [4.69, 9.17) is 16.0 Å². The van der Waals surface area contributed by atoms with E-state index in [1.54, 1.807) is 31.1 Å². The molecule has 5 nitrogen and oxygen atoms in total. The van der Waals surface area contributed by atoms with E-state index in [2.05, 4.69) is 15.0 Å². The van der Waals surface area contributed by atoms with Gasteiger partial charge in [-0.3, -0.25) is 0 Å². The fourth-order valence-electron chi connectivity index (χ4n) is 1.77. The van der Waals surface area contributed by atoms with Crippen LogP contribution in [-0.4, -0.2) is 29.0 Å². The number of rotatable bonds is 2. The van der Waals surface area contributed by atoms with Crippen molar-refractivity contribution in [3.63, 3.8) is 0 Å². The largest absolute Gasteiger partial charge is 0.453 e. The third kappa shape index (κ3) is 2.30. The van der Waals surface area contributed by atoms with Crippen molar-refractivity contribution in [2.75, 3.05) is 19.0 Å². The normalized spacial score (nSPS) is 11.0. The van der Waals surface area contributed by atoms with E-state index in [0.29, 0.717) is 28.5 Å². The molecule has 0 fully saturated rings. The molecule has 7 heteroatoms. The monoisotopic (exact) mass is 292 g/mol. The van der Waals surface area contributed by atoms with E-state index in [-0.39, 0.29) is 11.1 Å². The maximum atomic E-state index is 13.2. The lowest BCUT2D eigenvalue weighted by atomic mass is 10.2. The molecule has 102 valence electrons. The van der Waals surface area contributed by atoms with Crippen LogP contribution in [-0.2, 0) is 0 Å². The number of hydrogen-bond donors (Lipinski definition) is 0. The van der Waals surface area contributed by atoms with Crippen molar-refractivity contribution in [1.82, 2.24) is 15.0 Å². The number of halogens is 2. The van der Waals surface area contributed by atoms with Crippen LogP contribution >= 0.6 is 11.6 Å². The van der Waals surface area contributed by atoms with Crippen molar-refractivity contribution < 1.29 is 8.81 Å². The lowest BCUT2D eigenvalue weighted by molar-refractivity contribution is 0.615. The van der Waals surface area contributed by atoms with Crippen molar-refractivity contribution in [3.8, 4) is 11.6 Å². The molecule has 0 bridgehead atoms. The van der Waals surface area contributed by atoms with Crippen LogP contribution in [0.5, 0.6) is 0 Å². The summed E-state index contributed by atoms with van der Waals surface area (Å²) in [6.45, 7) is 0. The Kier molecular flexibility index (Phi) is 3.02. The van der Waals surface area contributed by atoms with Gasteiger partial charge in [-0.15, -0.1) is 0 Å². The topological polar surface area (TPSA) is 55.1 Å². The number of hydrogen-bond acceptors (Lipinski definition) is 5. The number of aromatic nitrogens is 3. The molecule has 0 spiro atoms. The van der Waals surface area contributed by atoms with Gasteiger partial charge >= 0.3 is 0 Å². The van der Waals surface area contributed by atoms with Gasteiger partial charge in [-0.05, 0) is 35.9 Å². The van der Waals surface area contributed by atoms with Gasteiger partial charge in [0, 0.05) is 19.5 Å². The molecule has 0 N–H and O–H groups in total. The van der Waals surface area contributed by atoms with Gasteiger partial charge in [-0.1, -0.05) is 0 Å². The number of nitrogens with zero attached hydrogens (tertiary/aromatic N) is 4. The highest BCUT2D eigenvalue weighted by Gasteiger charge is 2.13. The van der Waals surface area contributed by atoms with Crippen molar-refractivity contribution in [1.29, 1.82) is 0 Å². The zero-order valence-corrected chi connectivity index (χ0v) is 11.5. The smallest absolute Gasteiger partial charge is 0.229 e. The van der Waals surface area contributed by atoms with Gasteiger partial charge in [-0.25, -0.2) is 4.39 Å². The van der Waals surface area contributed by atoms with Crippen LogP contribution in [0.15, 0.2) is 28.7 Å². The van der Waals surface area contributed by atoms with Gasteiger partial charge < -0.3 is 9.32 Å². The van der Waals surface area contributed by atoms with Gasteiger partial charge in [0.1, 0.15) is 11.4 Å². The van der Waals surface area contributed by atoms with Crippen LogP contribution < -0.4 is 4.90 Å². The lowest BCUT2D eigenvalue weighted by Crippen LogP contribution is -2.13. The summed E-state index contributed by atoms with van der Waals surface area (Å²) >= 11 is 5.88. The fourth-order valence-corrected chi connectivity index (χ4v) is 1.93. The molecule has 0 radical (unpaired) electrons. The van der Waals surface area contributed by atoms with Crippen LogP contribution in [0.3, 0.4) is 0 Å². The maximum Gasteiger partial charge on any atom is 0.229 e. The molecule has 0 saturated carbocycles. The van der Waals surface area contributed by atoms with Crippen LogP contribution in [0.4, 0.5) is 10.3 Å². The molecular formula is C13H10ClFN4O. The summed E-state index contributed by atoms with van der Waals surface area (Å²) in [5.41, 5.74) is 0.560. The summed E-state index contributed by atoms with van der Waals surface area (Å²) in [7, 11) is 3.59. The van der Waals surface area contributed by atoms with Crippen molar-refractivity contribution in [3.05, 3.63) is 35.4 Å². The molecule has 2 heterocycles. The average Bonchev–Trinajstić information content (AvgIpc) is 2.80. The Morgan fingerprint density at radius 1 is 1.15 bits per heavy atom. The molecule has 3 rings (SSSR count). The molecule has 3 aromatic rings. The van der Waals surface area contributed by atoms with Gasteiger partial charge in [-0.2, -0.15) is 15.0 Å². The van der Waals surface area contributed by atoms with Crippen LogP contribution in [0.2, 0.25) is 5.28 Å². The summed E-state index contributed by atoms with van der Waals surface area (Å²) in [6.07, 6.45) is 0. The number of anilines is 1. The Labute approximate surface area is 119 Å². The highest BCUT2D eigenvalue weighted by atomic mass is 35.5. The lowest BCUT2D eigenvalue weighted by Gasteiger charge is -2.09. The molecule has 2 aromatic heterocycles. The van der Waals surface area contributed by atoms with Crippen LogP contribution in [0.1, 0.15) is 0 Å². The van der Waals surface area contributed by atoms with Gasteiger partial charge in [0.25, 0.3) is 0 Å². The van der Waals surface area contributed by atoms with E-state index >= 15 is 0 Å². The third-order valence-corrected chi connectivity index (χ3v) is 2.86. The Bertz CT molecular complexity index is 787. The third-order valence-electron chi connectivity index (χ3n) is 2.70. The SMILES string of the molecule is CN(C)c1nc(Cl)nc(-c2cc3cc(F)ccc3o2)n1. The molecule has 0 unspecified atom stereocenters. The minimum atomic E-state index is -0.326. The van der Waals surface area contributed by atoms with Gasteiger partial charge in [0.05, 0.1) is 0 Å². The zero-order valence-electron chi connectivity index (χ0n) is 10.8. The second-order valence-electron chi connectivity index (χ2n) is 4.42. The standard InChI is InChI=1S/C13H10ClFN4O/c1-19(2)13-17-11(16-12(14)18-13)10-6-7-5-8(15)3-4-9(7)20-10/h3-6H,1-2H3. The molecular weight excluding hydrogens is 283 g/mol. The highest BCUT2D eigenvalue weighted by molar-refractivity contribution is 6.28. The fraction of sp³-hybridized carbons (Fsp3) is 0.154. The van der Waals surface area contributed by atoms with Gasteiger partial charge in [0.2, 0.25) is 17.1 Å². The van der Waals surface area contributed by atoms with Crippen molar-refractivity contribution in [2.45, 2.75) is 0 Å². The minimum absolute atomic E-state index is 0.0744. The molecule has 0 atom stereocenters. The van der Waals surface area contributed by atoms with Crippen molar-refractivity contribution in [2.24, 2.45) is 0 Å². The minimum Gasteiger partial charge on any atom is -0.453 e. The van der Waals surface area contributed by atoms with E-state index < -0.39 is 0 Å². The molecule has 0 aliphatic carbocycles. The zero-order chi connectivity index (χ0) is 14.3. The van der Waals surface area contributed by atoms with E-state index in [1.165, 1.54) is 12.1 Å². The maximum absolute atomic E-state index is 13.2. The number of benzene rings is 1. The molecule has 0 amide bonds.